The van der Waals surface area contributed by atoms with Gasteiger partial charge in [0.25, 0.3) is 5.95 Å². The van der Waals surface area contributed by atoms with E-state index < -0.39 is 0 Å². The first-order valence-electron chi connectivity index (χ1n) is 6.83. The molecule has 5 nitrogen and oxygen atoms in total. The third kappa shape index (κ3) is 3.88. The van der Waals surface area contributed by atoms with E-state index in [1.807, 2.05) is 42.3 Å². The van der Waals surface area contributed by atoms with Crippen molar-refractivity contribution in [2.24, 2.45) is 0 Å². The smallest absolute Gasteiger partial charge is 0.251 e. The standard InChI is InChI=1S/C16H13Cl2N5/c1-23(14-5-3-2-4-6-14)16-21-15(10-19-22-16)20-13-8-11(17)7-12(18)9-13/h2-10H,1H3,(H,20,21,22). The number of nitrogens with one attached hydrogen (secondary N) is 1. The van der Waals surface area contributed by atoms with E-state index in [4.69, 9.17) is 23.2 Å². The number of nitrogens with zero attached hydrogens (tertiary/aromatic N) is 4. The highest BCUT2D eigenvalue weighted by Crippen LogP contribution is 2.25. The Morgan fingerprint density at radius 2 is 1.70 bits per heavy atom. The van der Waals surface area contributed by atoms with Crippen molar-refractivity contribution in [3.63, 3.8) is 0 Å². The molecule has 7 heteroatoms. The topological polar surface area (TPSA) is 53.9 Å². The van der Waals surface area contributed by atoms with Crippen molar-refractivity contribution in [2.45, 2.75) is 0 Å². The quantitative estimate of drug-likeness (QED) is 0.743. The highest BCUT2D eigenvalue weighted by atomic mass is 35.5. The van der Waals surface area contributed by atoms with Crippen LogP contribution >= 0.6 is 23.2 Å². The molecule has 0 aliphatic carbocycles. The Morgan fingerprint density at radius 1 is 1.00 bits per heavy atom. The highest BCUT2D eigenvalue weighted by Gasteiger charge is 2.09. The van der Waals surface area contributed by atoms with Gasteiger partial charge in [-0.2, -0.15) is 10.1 Å². The van der Waals surface area contributed by atoms with Crippen LogP contribution in [0.4, 0.5) is 23.1 Å². The molecule has 0 spiro atoms. The fourth-order valence-corrected chi connectivity index (χ4v) is 2.56. The van der Waals surface area contributed by atoms with E-state index in [-0.39, 0.29) is 0 Å². The van der Waals surface area contributed by atoms with Crippen LogP contribution in [0, 0.1) is 0 Å². The Balaban J connectivity index is 1.85. The van der Waals surface area contributed by atoms with E-state index in [1.165, 1.54) is 6.20 Å². The molecule has 0 atom stereocenters. The number of aromatic nitrogens is 3. The van der Waals surface area contributed by atoms with Gasteiger partial charge in [0.2, 0.25) is 0 Å². The molecule has 0 saturated carbocycles. The summed E-state index contributed by atoms with van der Waals surface area (Å²) in [5.41, 5.74) is 1.70. The summed E-state index contributed by atoms with van der Waals surface area (Å²) in [6.45, 7) is 0. The number of benzene rings is 2. The summed E-state index contributed by atoms with van der Waals surface area (Å²) >= 11 is 12.0. The molecule has 116 valence electrons. The van der Waals surface area contributed by atoms with Crippen LogP contribution in [0.1, 0.15) is 0 Å². The first kappa shape index (κ1) is 15.5. The predicted octanol–water partition coefficient (Wildman–Crippen LogP) is 4.69. The summed E-state index contributed by atoms with van der Waals surface area (Å²) in [4.78, 5) is 6.31. The minimum Gasteiger partial charge on any atom is -0.339 e. The third-order valence-corrected chi connectivity index (χ3v) is 3.56. The second kappa shape index (κ2) is 6.81. The van der Waals surface area contributed by atoms with Crippen LogP contribution in [0.15, 0.2) is 54.7 Å². The van der Waals surface area contributed by atoms with Gasteiger partial charge < -0.3 is 10.2 Å². The van der Waals surface area contributed by atoms with Crippen molar-refractivity contribution in [1.82, 2.24) is 15.2 Å². The van der Waals surface area contributed by atoms with E-state index in [2.05, 4.69) is 20.5 Å². The average Bonchev–Trinajstić information content (AvgIpc) is 2.54. The number of hydrogen-bond acceptors (Lipinski definition) is 5. The number of anilines is 4. The molecule has 1 N–H and O–H groups in total. The van der Waals surface area contributed by atoms with Crippen LogP contribution in [0.25, 0.3) is 0 Å². The van der Waals surface area contributed by atoms with Gasteiger partial charge in [0, 0.05) is 28.5 Å². The van der Waals surface area contributed by atoms with Crippen LogP contribution in [-0.2, 0) is 0 Å². The van der Waals surface area contributed by atoms with E-state index >= 15 is 0 Å². The van der Waals surface area contributed by atoms with Crippen molar-refractivity contribution in [3.05, 3.63) is 64.8 Å². The summed E-state index contributed by atoms with van der Waals surface area (Å²) in [5.74, 6) is 1.03. The molecule has 0 fully saturated rings. The molecule has 0 radical (unpaired) electrons. The number of para-hydroxylation sites is 1. The van der Waals surface area contributed by atoms with Crippen molar-refractivity contribution >= 4 is 46.3 Å². The minimum atomic E-state index is 0.481. The largest absolute Gasteiger partial charge is 0.339 e. The zero-order valence-electron chi connectivity index (χ0n) is 12.2. The van der Waals surface area contributed by atoms with Gasteiger partial charge in [-0.1, -0.05) is 41.4 Å². The Labute approximate surface area is 143 Å². The van der Waals surface area contributed by atoms with Crippen molar-refractivity contribution in [3.8, 4) is 0 Å². The molecule has 0 saturated heterocycles. The fraction of sp³-hybridized carbons (Fsp3) is 0.0625. The van der Waals surface area contributed by atoms with Crippen LogP contribution in [-0.4, -0.2) is 22.2 Å². The van der Waals surface area contributed by atoms with Gasteiger partial charge in [-0.25, -0.2) is 0 Å². The second-order valence-corrected chi connectivity index (χ2v) is 5.69. The zero-order chi connectivity index (χ0) is 16.2. The number of halogens is 2. The van der Waals surface area contributed by atoms with Gasteiger partial charge in [-0.05, 0) is 30.3 Å². The van der Waals surface area contributed by atoms with E-state index in [1.54, 1.807) is 18.2 Å². The maximum absolute atomic E-state index is 6.00. The third-order valence-electron chi connectivity index (χ3n) is 3.13. The van der Waals surface area contributed by atoms with Crippen LogP contribution in [0.2, 0.25) is 10.0 Å². The van der Waals surface area contributed by atoms with Crippen molar-refractivity contribution in [2.75, 3.05) is 17.3 Å². The Kier molecular flexibility index (Phi) is 4.60. The van der Waals surface area contributed by atoms with Gasteiger partial charge in [0.1, 0.15) is 0 Å². The molecular formula is C16H13Cl2N5. The molecule has 0 bridgehead atoms. The monoisotopic (exact) mass is 345 g/mol. The lowest BCUT2D eigenvalue weighted by Crippen LogP contribution is -2.14. The molecule has 3 rings (SSSR count). The summed E-state index contributed by atoms with van der Waals surface area (Å²) in [6.07, 6.45) is 1.54. The molecule has 0 aliphatic rings. The van der Waals surface area contributed by atoms with Gasteiger partial charge in [-0.3, -0.25) is 0 Å². The van der Waals surface area contributed by atoms with E-state index in [0.717, 1.165) is 11.4 Å². The SMILES string of the molecule is CN(c1ccccc1)c1nncc(Nc2cc(Cl)cc(Cl)c2)n1. The molecule has 1 aromatic heterocycles. The first-order valence-corrected chi connectivity index (χ1v) is 7.59. The molecular weight excluding hydrogens is 333 g/mol. The lowest BCUT2D eigenvalue weighted by molar-refractivity contribution is 0.932. The normalized spacial score (nSPS) is 10.4. The second-order valence-electron chi connectivity index (χ2n) is 4.82. The maximum Gasteiger partial charge on any atom is 0.251 e. The lowest BCUT2D eigenvalue weighted by Gasteiger charge is -2.17. The van der Waals surface area contributed by atoms with Crippen LogP contribution < -0.4 is 10.2 Å². The van der Waals surface area contributed by atoms with E-state index in [0.29, 0.717) is 21.8 Å². The molecule has 0 amide bonds. The zero-order valence-corrected chi connectivity index (χ0v) is 13.8. The Hall–Kier alpha value is -2.37. The molecule has 1 heterocycles. The molecule has 0 unspecified atom stereocenters. The summed E-state index contributed by atoms with van der Waals surface area (Å²) < 4.78 is 0. The van der Waals surface area contributed by atoms with Gasteiger partial charge >= 0.3 is 0 Å². The molecule has 23 heavy (non-hydrogen) atoms. The minimum absolute atomic E-state index is 0.481. The average molecular weight is 346 g/mol. The number of rotatable bonds is 4. The first-order chi connectivity index (χ1) is 11.1. The van der Waals surface area contributed by atoms with Gasteiger partial charge in [0.15, 0.2) is 5.82 Å². The van der Waals surface area contributed by atoms with E-state index in [9.17, 15) is 0 Å². The van der Waals surface area contributed by atoms with Gasteiger partial charge in [0.05, 0.1) is 6.20 Å². The molecule has 3 aromatic rings. The summed E-state index contributed by atoms with van der Waals surface area (Å²) in [5, 5.41) is 12.3. The molecule has 2 aromatic carbocycles. The summed E-state index contributed by atoms with van der Waals surface area (Å²) in [6, 6.07) is 15.0. The Bertz CT molecular complexity index is 790. The molecule has 0 aliphatic heterocycles. The van der Waals surface area contributed by atoms with Crippen LogP contribution in [0.5, 0.6) is 0 Å². The predicted molar refractivity (Wildman–Crippen MR) is 94.1 cm³/mol. The summed E-state index contributed by atoms with van der Waals surface area (Å²) in [7, 11) is 1.88. The highest BCUT2D eigenvalue weighted by molar-refractivity contribution is 6.35. The fourth-order valence-electron chi connectivity index (χ4n) is 2.04. The lowest BCUT2D eigenvalue weighted by atomic mass is 10.3. The maximum atomic E-state index is 6.00. The Morgan fingerprint density at radius 3 is 2.39 bits per heavy atom. The van der Waals surface area contributed by atoms with Gasteiger partial charge in [-0.15, -0.1) is 5.10 Å². The van der Waals surface area contributed by atoms with Crippen LogP contribution in [0.3, 0.4) is 0 Å². The number of hydrogen-bond donors (Lipinski definition) is 1. The van der Waals surface area contributed by atoms with Crippen molar-refractivity contribution in [1.29, 1.82) is 0 Å². The van der Waals surface area contributed by atoms with Crippen molar-refractivity contribution < 1.29 is 0 Å².